The van der Waals surface area contributed by atoms with Crippen molar-refractivity contribution in [2.75, 3.05) is 12.8 Å². The highest BCUT2D eigenvalue weighted by Crippen LogP contribution is 2.38. The molecule has 0 spiro atoms. The number of hydrogen-bond acceptors (Lipinski definition) is 4. The Morgan fingerprint density at radius 2 is 2.09 bits per heavy atom. The van der Waals surface area contributed by atoms with Gasteiger partial charge in [0.1, 0.15) is 17.3 Å². The highest BCUT2D eigenvalue weighted by molar-refractivity contribution is 5.79. The van der Waals surface area contributed by atoms with E-state index in [0.717, 1.165) is 48.1 Å². The second-order valence-electron chi connectivity index (χ2n) is 5.45. The Kier molecular flexibility index (Phi) is 3.60. The molecule has 0 radical (unpaired) electrons. The van der Waals surface area contributed by atoms with Gasteiger partial charge in [0.2, 0.25) is 0 Å². The zero-order valence-electron chi connectivity index (χ0n) is 12.4. The minimum absolute atomic E-state index is 0.0779. The van der Waals surface area contributed by atoms with Gasteiger partial charge in [-0.05, 0) is 37.0 Å². The summed E-state index contributed by atoms with van der Waals surface area (Å²) in [7, 11) is 1.51. The highest BCUT2D eigenvalue weighted by Gasteiger charge is 2.25. The number of anilines is 1. The summed E-state index contributed by atoms with van der Waals surface area (Å²) in [5.74, 6) is 0.858. The maximum absolute atomic E-state index is 9.78. The first-order chi connectivity index (χ1) is 10.7. The van der Waals surface area contributed by atoms with E-state index in [0.29, 0.717) is 17.1 Å². The maximum Gasteiger partial charge on any atom is 0.289 e. The molecule has 1 heterocycles. The van der Waals surface area contributed by atoms with Crippen molar-refractivity contribution in [2.24, 2.45) is 0 Å². The Morgan fingerprint density at radius 1 is 1.32 bits per heavy atom. The molecule has 1 aliphatic rings. The smallest absolute Gasteiger partial charge is 0.289 e. The molecule has 22 heavy (non-hydrogen) atoms. The van der Waals surface area contributed by atoms with Gasteiger partial charge in [0.25, 0.3) is 5.82 Å². The number of nitrogens with two attached hydrogens (primary N) is 1. The third-order valence-electron chi connectivity index (χ3n) is 4.15. The lowest BCUT2D eigenvalue weighted by Gasteiger charge is -2.19. The number of fused-ring (bicyclic) bond motifs is 1. The number of benzene rings is 1. The van der Waals surface area contributed by atoms with Crippen LogP contribution in [0.3, 0.4) is 0 Å². The molecule has 1 aromatic heterocycles. The van der Waals surface area contributed by atoms with Crippen molar-refractivity contribution in [3.05, 3.63) is 35.0 Å². The van der Waals surface area contributed by atoms with Gasteiger partial charge in [-0.15, -0.1) is 0 Å². The molecule has 4 N–H and O–H groups in total. The Hall–Kier alpha value is -2.74. The summed E-state index contributed by atoms with van der Waals surface area (Å²) in [4.78, 5) is 3.17. The summed E-state index contributed by atoms with van der Waals surface area (Å²) < 4.78 is 5.18. The Bertz CT molecular complexity index is 778. The van der Waals surface area contributed by atoms with Crippen LogP contribution in [0.2, 0.25) is 0 Å². The van der Waals surface area contributed by atoms with Gasteiger partial charge in [-0.3, -0.25) is 5.73 Å². The maximum atomic E-state index is 9.78. The van der Waals surface area contributed by atoms with Crippen LogP contribution in [-0.4, -0.2) is 12.2 Å². The van der Waals surface area contributed by atoms with E-state index in [1.54, 1.807) is 18.2 Å². The minimum atomic E-state index is 0.0779. The van der Waals surface area contributed by atoms with Crippen molar-refractivity contribution < 1.29 is 14.8 Å². The number of phenols is 1. The first-order valence-electron chi connectivity index (χ1n) is 7.29. The zero-order valence-corrected chi connectivity index (χ0v) is 12.4. The number of aromatic hydroxyl groups is 1. The number of nitrogen functional groups attached to an aromatic ring is 1. The summed E-state index contributed by atoms with van der Waals surface area (Å²) >= 11 is 0. The van der Waals surface area contributed by atoms with Crippen molar-refractivity contribution in [3.63, 3.8) is 0 Å². The molecule has 5 heteroatoms. The van der Waals surface area contributed by atoms with E-state index < -0.39 is 0 Å². The number of rotatable bonds is 2. The normalized spacial score (nSPS) is 13.3. The molecule has 0 bridgehead atoms. The average molecular weight is 296 g/mol. The molecule has 112 valence electrons. The number of nitrogens with one attached hydrogen (secondary N) is 1. The topological polar surface area (TPSA) is 93.4 Å². The van der Waals surface area contributed by atoms with Gasteiger partial charge in [-0.25, -0.2) is 4.98 Å². The number of aromatic amines is 1. The molecule has 0 amide bonds. The number of aromatic nitrogens is 1. The van der Waals surface area contributed by atoms with E-state index in [2.05, 4.69) is 11.1 Å². The fourth-order valence-electron chi connectivity index (χ4n) is 3.10. The summed E-state index contributed by atoms with van der Waals surface area (Å²) in [6, 6.07) is 7.33. The van der Waals surface area contributed by atoms with Crippen LogP contribution in [0.1, 0.15) is 29.7 Å². The van der Waals surface area contributed by atoms with Crippen LogP contribution in [-0.2, 0) is 12.8 Å². The van der Waals surface area contributed by atoms with Crippen molar-refractivity contribution >= 4 is 5.82 Å². The van der Waals surface area contributed by atoms with Gasteiger partial charge >= 0.3 is 0 Å². The number of pyridine rings is 1. The van der Waals surface area contributed by atoms with E-state index in [4.69, 9.17) is 10.5 Å². The summed E-state index contributed by atoms with van der Waals surface area (Å²) in [5, 5.41) is 19.3. The molecule has 0 fully saturated rings. The van der Waals surface area contributed by atoms with Crippen LogP contribution in [0.25, 0.3) is 11.1 Å². The Balaban J connectivity index is 2.29. The van der Waals surface area contributed by atoms with Crippen molar-refractivity contribution in [2.45, 2.75) is 25.7 Å². The van der Waals surface area contributed by atoms with Crippen molar-refractivity contribution in [3.8, 4) is 28.7 Å². The summed E-state index contributed by atoms with van der Waals surface area (Å²) in [6.45, 7) is 0. The number of phenolic OH excluding ortho intramolecular Hbond substituents is 1. The van der Waals surface area contributed by atoms with Gasteiger partial charge in [-0.1, -0.05) is 6.07 Å². The highest BCUT2D eigenvalue weighted by atomic mass is 16.5. The van der Waals surface area contributed by atoms with E-state index in [-0.39, 0.29) is 5.75 Å². The summed E-state index contributed by atoms with van der Waals surface area (Å²) in [5.41, 5.74) is 10.4. The molecule has 0 aliphatic heterocycles. The number of hydrogen-bond donors (Lipinski definition) is 2. The second-order valence-corrected chi connectivity index (χ2v) is 5.45. The first kappa shape index (κ1) is 14.2. The SMILES string of the molecule is COc1cc(-c2c(C#N)c(N)[nH+]c3c2CCCC3)ccc1O. The largest absolute Gasteiger partial charge is 0.504 e. The number of nitrogens with zero attached hydrogens (tertiary/aromatic N) is 1. The molecule has 5 nitrogen and oxygen atoms in total. The fourth-order valence-corrected chi connectivity index (χ4v) is 3.10. The minimum Gasteiger partial charge on any atom is -0.504 e. The predicted molar refractivity (Wildman–Crippen MR) is 82.4 cm³/mol. The predicted octanol–water partition coefficient (Wildman–Crippen LogP) is 2.21. The van der Waals surface area contributed by atoms with Crippen LogP contribution in [0.5, 0.6) is 11.5 Å². The van der Waals surface area contributed by atoms with E-state index >= 15 is 0 Å². The molecule has 0 unspecified atom stereocenters. The van der Waals surface area contributed by atoms with Gasteiger partial charge in [-0.2, -0.15) is 5.26 Å². The molecule has 3 rings (SSSR count). The molecule has 1 aromatic carbocycles. The number of methoxy groups -OCH3 is 1. The fraction of sp³-hybridized carbons (Fsp3) is 0.294. The standard InChI is InChI=1S/C17H17N3O2/c1-22-15-8-10(6-7-14(15)21)16-11-4-2-3-5-13(11)20-17(19)12(16)9-18/h6-8,21H,2-5H2,1H3,(H2,19,20)/p+1. The molecular weight excluding hydrogens is 278 g/mol. The number of aryl methyl sites for hydroxylation is 1. The lowest BCUT2D eigenvalue weighted by Crippen LogP contribution is -2.24. The van der Waals surface area contributed by atoms with Gasteiger partial charge in [0.05, 0.1) is 7.11 Å². The molecule has 0 saturated heterocycles. The molecule has 0 atom stereocenters. The zero-order chi connectivity index (χ0) is 15.7. The lowest BCUT2D eigenvalue weighted by atomic mass is 9.86. The number of ether oxygens (including phenoxy) is 1. The van der Waals surface area contributed by atoms with E-state index in [1.807, 2.05) is 0 Å². The molecule has 0 saturated carbocycles. The first-order valence-corrected chi connectivity index (χ1v) is 7.29. The van der Waals surface area contributed by atoms with Crippen LogP contribution < -0.4 is 15.5 Å². The third kappa shape index (κ3) is 2.23. The van der Waals surface area contributed by atoms with E-state index in [1.165, 1.54) is 7.11 Å². The molecule has 1 aliphatic carbocycles. The van der Waals surface area contributed by atoms with Gasteiger partial charge in [0.15, 0.2) is 11.5 Å². The van der Waals surface area contributed by atoms with Gasteiger partial charge < -0.3 is 9.84 Å². The average Bonchev–Trinajstić information content (AvgIpc) is 2.54. The van der Waals surface area contributed by atoms with Crippen molar-refractivity contribution in [1.29, 1.82) is 5.26 Å². The Labute approximate surface area is 129 Å². The number of H-pyrrole nitrogens is 1. The lowest BCUT2D eigenvalue weighted by molar-refractivity contribution is -0.374. The van der Waals surface area contributed by atoms with E-state index in [9.17, 15) is 10.4 Å². The molecule has 2 aromatic rings. The summed E-state index contributed by atoms with van der Waals surface area (Å²) in [6.07, 6.45) is 4.07. The number of nitriles is 1. The molecular formula is C17H18N3O2+. The Morgan fingerprint density at radius 3 is 2.82 bits per heavy atom. The van der Waals surface area contributed by atoms with Crippen LogP contribution in [0, 0.1) is 11.3 Å². The quantitative estimate of drug-likeness (QED) is 0.888. The second kappa shape index (κ2) is 5.57. The van der Waals surface area contributed by atoms with Crippen LogP contribution in [0.4, 0.5) is 5.82 Å². The van der Waals surface area contributed by atoms with Crippen LogP contribution in [0.15, 0.2) is 18.2 Å². The third-order valence-corrected chi connectivity index (χ3v) is 4.15. The monoisotopic (exact) mass is 296 g/mol. The van der Waals surface area contributed by atoms with Crippen molar-refractivity contribution in [1.82, 2.24) is 0 Å². The van der Waals surface area contributed by atoms with Gasteiger partial charge in [0, 0.05) is 17.5 Å². The van der Waals surface area contributed by atoms with Crippen LogP contribution >= 0.6 is 0 Å².